The summed E-state index contributed by atoms with van der Waals surface area (Å²) in [5.41, 5.74) is 3.39. The first-order valence-electron chi connectivity index (χ1n) is 13.8. The second kappa shape index (κ2) is 12.3. The minimum atomic E-state index is -0.317. The molecule has 3 aliphatic rings. The maximum Gasteiger partial charge on any atom is 0.322 e. The summed E-state index contributed by atoms with van der Waals surface area (Å²) in [6.45, 7) is 5.55. The van der Waals surface area contributed by atoms with Crippen LogP contribution in [0.3, 0.4) is 0 Å². The third-order valence-corrected chi connectivity index (χ3v) is 8.37. The second-order valence-corrected chi connectivity index (χ2v) is 11.0. The maximum atomic E-state index is 12.9. The van der Waals surface area contributed by atoms with Gasteiger partial charge in [0.25, 0.3) is 5.91 Å². The van der Waals surface area contributed by atoms with Crippen LogP contribution in [-0.2, 0) is 11.2 Å². The van der Waals surface area contributed by atoms with Gasteiger partial charge in [-0.3, -0.25) is 9.59 Å². The van der Waals surface area contributed by atoms with Crippen LogP contribution in [0.1, 0.15) is 35.2 Å². The Kier molecular flexibility index (Phi) is 8.57. The molecule has 10 heteroatoms. The number of fused-ring (bicyclic) bond motifs is 1. The fraction of sp³-hybridized carbons (Fsp3) is 0.483. The Labute approximate surface area is 235 Å². The first-order valence-corrected chi connectivity index (χ1v) is 14.2. The van der Waals surface area contributed by atoms with Gasteiger partial charge in [0, 0.05) is 56.6 Å². The highest BCUT2D eigenvalue weighted by Gasteiger charge is 2.31. The van der Waals surface area contributed by atoms with E-state index in [1.165, 1.54) is 0 Å². The number of urea groups is 1. The average Bonchev–Trinajstić information content (AvgIpc) is 3.26. The van der Waals surface area contributed by atoms with Crippen molar-refractivity contribution >= 4 is 40.8 Å². The van der Waals surface area contributed by atoms with E-state index in [0.717, 1.165) is 56.0 Å². The zero-order valence-electron chi connectivity index (χ0n) is 22.5. The van der Waals surface area contributed by atoms with Crippen LogP contribution >= 0.6 is 11.6 Å². The molecule has 3 heterocycles. The Bertz CT molecular complexity index is 1220. The number of halogens is 1. The molecule has 4 amide bonds. The van der Waals surface area contributed by atoms with Crippen LogP contribution in [-0.4, -0.2) is 98.0 Å². The number of nitrogens with one attached hydrogen (secondary N) is 2. The molecule has 0 radical (unpaired) electrons. The zero-order chi connectivity index (χ0) is 27.4. The van der Waals surface area contributed by atoms with E-state index < -0.39 is 0 Å². The Morgan fingerprint density at radius 3 is 2.59 bits per heavy atom. The number of carbonyl (C=O) groups is 3. The van der Waals surface area contributed by atoms with Gasteiger partial charge in [-0.15, -0.1) is 0 Å². The number of nitrogens with zero attached hydrogens (tertiary/aromatic N) is 4. The van der Waals surface area contributed by atoms with E-state index in [1.54, 1.807) is 17.0 Å². The molecule has 2 saturated heterocycles. The maximum absolute atomic E-state index is 12.9. The minimum Gasteiger partial charge on any atom is -0.369 e. The van der Waals surface area contributed by atoms with Crippen LogP contribution in [0, 0.1) is 0 Å². The van der Waals surface area contributed by atoms with E-state index in [4.69, 9.17) is 11.6 Å². The number of amides is 4. The highest BCUT2D eigenvalue weighted by atomic mass is 35.5. The first kappa shape index (κ1) is 27.3. The SMILES string of the molecule is CN1CCCN(c2ccc(C(=O)NCC(=O)N3CCC(N4CCc5ccccc5NC4=O)CC3)cc2Cl)CC1. The molecule has 0 aliphatic carbocycles. The molecular weight excluding hydrogens is 516 g/mol. The van der Waals surface area contributed by atoms with Gasteiger partial charge in [-0.05, 0) is 69.1 Å². The molecule has 2 N–H and O–H groups in total. The largest absolute Gasteiger partial charge is 0.369 e. The smallest absolute Gasteiger partial charge is 0.322 e. The van der Waals surface area contributed by atoms with Crippen LogP contribution in [0.25, 0.3) is 0 Å². The second-order valence-electron chi connectivity index (χ2n) is 10.6. The molecule has 5 rings (SSSR count). The standard InChI is InChI=1S/C29H37ClN6O3/c1-33-12-4-13-34(18-17-33)26-8-7-22(19-24(26)30)28(38)31-20-27(37)35-14-10-23(11-15-35)36-16-9-21-5-2-3-6-25(21)32-29(36)39/h2-3,5-8,19,23H,4,9-18,20H2,1H3,(H,31,38)(H,32,39). The van der Waals surface area contributed by atoms with Crippen molar-refractivity contribution in [2.75, 3.05) is 69.6 Å². The number of hydrogen-bond acceptors (Lipinski definition) is 5. The molecule has 0 unspecified atom stereocenters. The molecule has 3 aliphatic heterocycles. The lowest BCUT2D eigenvalue weighted by Crippen LogP contribution is -2.51. The molecule has 2 fully saturated rings. The summed E-state index contributed by atoms with van der Waals surface area (Å²) in [5, 5.41) is 6.32. The predicted octanol–water partition coefficient (Wildman–Crippen LogP) is 3.29. The third kappa shape index (κ3) is 6.47. The minimum absolute atomic E-state index is 0.0686. The molecule has 208 valence electrons. The van der Waals surface area contributed by atoms with E-state index in [9.17, 15) is 14.4 Å². The van der Waals surface area contributed by atoms with Gasteiger partial charge < -0.3 is 30.2 Å². The molecule has 0 aromatic heterocycles. The van der Waals surface area contributed by atoms with E-state index in [-0.39, 0.29) is 30.4 Å². The lowest BCUT2D eigenvalue weighted by molar-refractivity contribution is -0.131. The van der Waals surface area contributed by atoms with Crippen LogP contribution in [0.5, 0.6) is 0 Å². The van der Waals surface area contributed by atoms with Gasteiger partial charge in [0.05, 0.1) is 17.3 Å². The van der Waals surface area contributed by atoms with Crippen molar-refractivity contribution < 1.29 is 14.4 Å². The lowest BCUT2D eigenvalue weighted by atomic mass is 10.0. The summed E-state index contributed by atoms with van der Waals surface area (Å²) >= 11 is 6.56. The fourth-order valence-corrected chi connectivity index (χ4v) is 6.03. The van der Waals surface area contributed by atoms with Crippen LogP contribution in [0.4, 0.5) is 16.2 Å². The van der Waals surface area contributed by atoms with Crippen molar-refractivity contribution in [3.8, 4) is 0 Å². The number of likely N-dealkylation sites (tertiary alicyclic amines) is 1. The Morgan fingerprint density at radius 1 is 1.00 bits per heavy atom. The number of piperidine rings is 1. The van der Waals surface area contributed by atoms with E-state index in [2.05, 4.69) is 27.5 Å². The zero-order valence-corrected chi connectivity index (χ0v) is 23.3. The van der Waals surface area contributed by atoms with Gasteiger partial charge in [0.2, 0.25) is 5.91 Å². The number of anilines is 2. The normalized spacial score (nSPS) is 19.1. The fourth-order valence-electron chi connectivity index (χ4n) is 5.73. The molecule has 0 saturated carbocycles. The molecule has 0 spiro atoms. The highest BCUT2D eigenvalue weighted by molar-refractivity contribution is 6.33. The number of hydrogen-bond donors (Lipinski definition) is 2. The highest BCUT2D eigenvalue weighted by Crippen LogP contribution is 2.28. The van der Waals surface area contributed by atoms with Crippen molar-refractivity contribution in [1.82, 2.24) is 20.0 Å². The summed E-state index contributed by atoms with van der Waals surface area (Å²) in [4.78, 5) is 46.7. The number of likely N-dealkylation sites (N-methyl/N-ethyl adjacent to an activating group) is 1. The Balaban J connectivity index is 1.09. The predicted molar refractivity (Wildman–Crippen MR) is 154 cm³/mol. The van der Waals surface area contributed by atoms with Crippen LogP contribution in [0.2, 0.25) is 5.02 Å². The number of para-hydroxylation sites is 1. The molecule has 0 atom stereocenters. The summed E-state index contributed by atoms with van der Waals surface area (Å²) < 4.78 is 0. The van der Waals surface area contributed by atoms with E-state index >= 15 is 0 Å². The number of rotatable bonds is 5. The third-order valence-electron chi connectivity index (χ3n) is 8.07. The summed E-state index contributed by atoms with van der Waals surface area (Å²) in [5.74, 6) is -0.436. The summed E-state index contributed by atoms with van der Waals surface area (Å²) in [6, 6.07) is 13.3. The van der Waals surface area contributed by atoms with Gasteiger partial charge >= 0.3 is 6.03 Å². The molecule has 2 aromatic carbocycles. The molecular formula is C29H37ClN6O3. The van der Waals surface area contributed by atoms with E-state index in [1.807, 2.05) is 35.2 Å². The molecule has 2 aromatic rings. The lowest BCUT2D eigenvalue weighted by Gasteiger charge is -2.38. The van der Waals surface area contributed by atoms with Crippen molar-refractivity contribution in [3.05, 3.63) is 58.6 Å². The van der Waals surface area contributed by atoms with Gasteiger partial charge in [0.15, 0.2) is 0 Å². The first-order chi connectivity index (χ1) is 18.9. The Morgan fingerprint density at radius 2 is 1.79 bits per heavy atom. The molecule has 0 bridgehead atoms. The quantitative estimate of drug-likeness (QED) is 0.594. The summed E-state index contributed by atoms with van der Waals surface area (Å²) in [7, 11) is 2.12. The van der Waals surface area contributed by atoms with Crippen molar-refractivity contribution in [1.29, 1.82) is 0 Å². The average molecular weight is 553 g/mol. The summed E-state index contributed by atoms with van der Waals surface area (Å²) in [6.07, 6.45) is 3.30. The van der Waals surface area contributed by atoms with Gasteiger partial charge in [-0.2, -0.15) is 0 Å². The van der Waals surface area contributed by atoms with Gasteiger partial charge in [-0.25, -0.2) is 4.79 Å². The monoisotopic (exact) mass is 552 g/mol. The number of carbonyl (C=O) groups excluding carboxylic acids is 3. The van der Waals surface area contributed by atoms with Gasteiger partial charge in [-0.1, -0.05) is 29.8 Å². The number of benzene rings is 2. The van der Waals surface area contributed by atoms with Crippen LogP contribution < -0.4 is 15.5 Å². The topological polar surface area (TPSA) is 88.2 Å². The Hall–Kier alpha value is -3.30. The van der Waals surface area contributed by atoms with Crippen molar-refractivity contribution in [2.24, 2.45) is 0 Å². The van der Waals surface area contributed by atoms with E-state index in [0.29, 0.717) is 43.1 Å². The molecule has 39 heavy (non-hydrogen) atoms. The molecule has 9 nitrogen and oxygen atoms in total. The van der Waals surface area contributed by atoms with Gasteiger partial charge in [0.1, 0.15) is 0 Å². The van der Waals surface area contributed by atoms with Crippen molar-refractivity contribution in [3.63, 3.8) is 0 Å². The van der Waals surface area contributed by atoms with Crippen LogP contribution in [0.15, 0.2) is 42.5 Å². The van der Waals surface area contributed by atoms with Crippen molar-refractivity contribution in [2.45, 2.75) is 31.7 Å².